The first-order valence-corrected chi connectivity index (χ1v) is 9.90. The SMILES string of the molecule is CCn1cc(C(=O)Nc2cc3c(cc2NC(C)=O)OCCO3)c(=O)c2ccc(C)nc21. The third-order valence-corrected chi connectivity index (χ3v) is 4.89. The number of anilines is 2. The van der Waals surface area contributed by atoms with Gasteiger partial charge in [0.15, 0.2) is 11.5 Å². The summed E-state index contributed by atoms with van der Waals surface area (Å²) in [5.74, 6) is -0.00101. The Labute approximate surface area is 178 Å². The Bertz CT molecular complexity index is 1260. The Hall–Kier alpha value is -3.88. The van der Waals surface area contributed by atoms with Crippen LogP contribution in [-0.4, -0.2) is 34.6 Å². The molecule has 3 aromatic rings. The topological polar surface area (TPSA) is 112 Å². The van der Waals surface area contributed by atoms with E-state index in [1.54, 1.807) is 28.8 Å². The minimum atomic E-state index is -0.599. The molecule has 0 unspecified atom stereocenters. The van der Waals surface area contributed by atoms with Crippen molar-refractivity contribution in [3.63, 3.8) is 0 Å². The number of ether oxygens (including phenoxy) is 2. The predicted molar refractivity (Wildman–Crippen MR) is 116 cm³/mol. The van der Waals surface area contributed by atoms with Crippen molar-refractivity contribution in [3.8, 4) is 11.5 Å². The molecule has 0 radical (unpaired) electrons. The van der Waals surface area contributed by atoms with Crippen LogP contribution in [0.3, 0.4) is 0 Å². The van der Waals surface area contributed by atoms with Crippen LogP contribution >= 0.6 is 0 Å². The first kappa shape index (κ1) is 20.4. The summed E-state index contributed by atoms with van der Waals surface area (Å²) in [5.41, 5.74) is 1.52. The Kier molecular flexibility index (Phi) is 5.33. The van der Waals surface area contributed by atoms with E-state index < -0.39 is 11.3 Å². The molecule has 9 heteroatoms. The molecule has 0 fully saturated rings. The molecule has 9 nitrogen and oxygen atoms in total. The molecule has 2 aromatic heterocycles. The first-order chi connectivity index (χ1) is 14.9. The zero-order valence-electron chi connectivity index (χ0n) is 17.4. The van der Waals surface area contributed by atoms with Crippen molar-refractivity contribution in [2.75, 3.05) is 23.8 Å². The monoisotopic (exact) mass is 422 g/mol. The molecule has 0 bridgehead atoms. The molecule has 1 aliphatic heterocycles. The summed E-state index contributed by atoms with van der Waals surface area (Å²) in [7, 11) is 0. The van der Waals surface area contributed by atoms with Gasteiger partial charge in [-0.2, -0.15) is 0 Å². The van der Waals surface area contributed by atoms with Gasteiger partial charge in [0.25, 0.3) is 5.91 Å². The molecule has 1 aromatic carbocycles. The number of pyridine rings is 2. The van der Waals surface area contributed by atoms with E-state index in [-0.39, 0.29) is 11.5 Å². The van der Waals surface area contributed by atoms with Crippen molar-refractivity contribution in [1.29, 1.82) is 0 Å². The van der Waals surface area contributed by atoms with Crippen LogP contribution in [0.15, 0.2) is 35.3 Å². The van der Waals surface area contributed by atoms with E-state index in [0.717, 1.165) is 5.69 Å². The minimum absolute atomic E-state index is 0.0244. The maximum absolute atomic E-state index is 13.1. The Morgan fingerprint density at radius 3 is 2.35 bits per heavy atom. The second-order valence-corrected chi connectivity index (χ2v) is 7.16. The molecule has 3 heterocycles. The van der Waals surface area contributed by atoms with E-state index in [4.69, 9.17) is 9.47 Å². The molecule has 1 aliphatic rings. The van der Waals surface area contributed by atoms with Crippen LogP contribution in [0.2, 0.25) is 0 Å². The highest BCUT2D eigenvalue weighted by molar-refractivity contribution is 6.08. The van der Waals surface area contributed by atoms with Crippen LogP contribution < -0.4 is 25.5 Å². The highest BCUT2D eigenvalue weighted by Gasteiger charge is 2.21. The number of aryl methyl sites for hydroxylation is 2. The maximum atomic E-state index is 13.1. The van der Waals surface area contributed by atoms with Gasteiger partial charge in [-0.3, -0.25) is 14.4 Å². The first-order valence-electron chi connectivity index (χ1n) is 9.90. The fourth-order valence-electron chi connectivity index (χ4n) is 3.44. The Balaban J connectivity index is 1.77. The van der Waals surface area contributed by atoms with Crippen molar-refractivity contribution in [3.05, 3.63) is 51.9 Å². The third-order valence-electron chi connectivity index (χ3n) is 4.89. The summed E-state index contributed by atoms with van der Waals surface area (Å²) in [6.07, 6.45) is 1.50. The number of nitrogens with one attached hydrogen (secondary N) is 2. The molecule has 0 saturated heterocycles. The number of nitrogens with zero attached hydrogens (tertiary/aromatic N) is 2. The van der Waals surface area contributed by atoms with E-state index >= 15 is 0 Å². The number of carbonyl (C=O) groups excluding carboxylic acids is 2. The van der Waals surface area contributed by atoms with Gasteiger partial charge in [-0.15, -0.1) is 0 Å². The number of fused-ring (bicyclic) bond motifs is 2. The lowest BCUT2D eigenvalue weighted by Gasteiger charge is -2.21. The van der Waals surface area contributed by atoms with Crippen molar-refractivity contribution in [2.24, 2.45) is 0 Å². The van der Waals surface area contributed by atoms with Crippen molar-refractivity contribution < 1.29 is 19.1 Å². The van der Waals surface area contributed by atoms with Crippen LogP contribution in [0.25, 0.3) is 11.0 Å². The zero-order chi connectivity index (χ0) is 22.1. The highest BCUT2D eigenvalue weighted by Crippen LogP contribution is 2.38. The highest BCUT2D eigenvalue weighted by atomic mass is 16.6. The van der Waals surface area contributed by atoms with Crippen LogP contribution in [-0.2, 0) is 11.3 Å². The number of hydrogen-bond donors (Lipinski definition) is 2. The summed E-state index contributed by atoms with van der Waals surface area (Å²) in [4.78, 5) is 42.2. The second kappa shape index (κ2) is 8.10. The van der Waals surface area contributed by atoms with E-state index in [0.29, 0.717) is 53.7 Å². The molecule has 0 spiro atoms. The molecule has 160 valence electrons. The van der Waals surface area contributed by atoms with Crippen molar-refractivity contribution in [1.82, 2.24) is 9.55 Å². The van der Waals surface area contributed by atoms with Gasteiger partial charge < -0.3 is 24.7 Å². The molecular weight excluding hydrogens is 400 g/mol. The average Bonchev–Trinajstić information content (AvgIpc) is 2.74. The summed E-state index contributed by atoms with van der Waals surface area (Å²) < 4.78 is 12.9. The van der Waals surface area contributed by atoms with Gasteiger partial charge >= 0.3 is 0 Å². The molecular formula is C22H22N4O5. The number of rotatable bonds is 4. The Morgan fingerprint density at radius 2 is 1.74 bits per heavy atom. The quantitative estimate of drug-likeness (QED) is 0.669. The van der Waals surface area contributed by atoms with Gasteiger partial charge in [-0.1, -0.05) is 0 Å². The molecule has 2 amide bonds. The summed E-state index contributed by atoms with van der Waals surface area (Å²) in [6, 6.07) is 6.57. The van der Waals surface area contributed by atoms with Crippen LogP contribution in [0.4, 0.5) is 11.4 Å². The van der Waals surface area contributed by atoms with E-state index in [9.17, 15) is 14.4 Å². The standard InChI is InChI=1S/C22H22N4O5/c1-4-26-11-15(20(28)14-6-5-12(2)23-21(14)26)22(29)25-17-10-19-18(30-7-8-31-19)9-16(17)24-13(3)27/h5-6,9-11H,4,7-8H2,1-3H3,(H,24,27)(H,25,29). The summed E-state index contributed by atoms with van der Waals surface area (Å²) >= 11 is 0. The van der Waals surface area contributed by atoms with Gasteiger partial charge in [0.2, 0.25) is 11.3 Å². The normalized spacial score (nSPS) is 12.5. The largest absolute Gasteiger partial charge is 0.486 e. The van der Waals surface area contributed by atoms with Gasteiger partial charge in [-0.05, 0) is 26.0 Å². The average molecular weight is 422 g/mol. The van der Waals surface area contributed by atoms with Gasteiger partial charge in [0.1, 0.15) is 24.4 Å². The van der Waals surface area contributed by atoms with Crippen molar-refractivity contribution >= 4 is 34.2 Å². The maximum Gasteiger partial charge on any atom is 0.261 e. The molecule has 0 saturated carbocycles. The van der Waals surface area contributed by atoms with Crippen LogP contribution in [0, 0.1) is 6.92 Å². The molecule has 4 rings (SSSR count). The molecule has 31 heavy (non-hydrogen) atoms. The second-order valence-electron chi connectivity index (χ2n) is 7.16. The number of benzene rings is 1. The Morgan fingerprint density at radius 1 is 1.10 bits per heavy atom. The summed E-state index contributed by atoms with van der Waals surface area (Å²) in [5, 5.41) is 5.76. The minimum Gasteiger partial charge on any atom is -0.486 e. The lowest BCUT2D eigenvalue weighted by molar-refractivity contribution is -0.114. The number of amides is 2. The number of aromatic nitrogens is 2. The van der Waals surface area contributed by atoms with E-state index in [1.807, 2.05) is 13.8 Å². The molecule has 0 atom stereocenters. The van der Waals surface area contributed by atoms with E-state index in [2.05, 4.69) is 15.6 Å². The molecule has 2 N–H and O–H groups in total. The fourth-order valence-corrected chi connectivity index (χ4v) is 3.44. The van der Waals surface area contributed by atoms with E-state index in [1.165, 1.54) is 13.1 Å². The molecule has 0 aliphatic carbocycles. The van der Waals surface area contributed by atoms with Gasteiger partial charge in [-0.25, -0.2) is 4.98 Å². The van der Waals surface area contributed by atoms with Crippen LogP contribution in [0.1, 0.15) is 29.9 Å². The predicted octanol–water partition coefficient (Wildman–Crippen LogP) is 2.71. The number of hydrogen-bond acceptors (Lipinski definition) is 6. The third kappa shape index (κ3) is 3.94. The lowest BCUT2D eigenvalue weighted by Crippen LogP contribution is -2.25. The summed E-state index contributed by atoms with van der Waals surface area (Å²) in [6.45, 7) is 6.41. The number of carbonyl (C=O) groups is 2. The van der Waals surface area contributed by atoms with Gasteiger partial charge in [0.05, 0.1) is 16.8 Å². The smallest absolute Gasteiger partial charge is 0.261 e. The zero-order valence-corrected chi connectivity index (χ0v) is 17.4. The van der Waals surface area contributed by atoms with Gasteiger partial charge in [0, 0.05) is 37.5 Å². The van der Waals surface area contributed by atoms with Crippen LogP contribution in [0.5, 0.6) is 11.5 Å². The van der Waals surface area contributed by atoms with Crippen molar-refractivity contribution in [2.45, 2.75) is 27.3 Å². The lowest BCUT2D eigenvalue weighted by atomic mass is 10.1. The fraction of sp³-hybridized carbons (Fsp3) is 0.273.